The van der Waals surface area contributed by atoms with E-state index in [4.69, 9.17) is 11.6 Å². The predicted molar refractivity (Wildman–Crippen MR) is 132 cm³/mol. The Labute approximate surface area is 196 Å². The molecule has 0 unspecified atom stereocenters. The highest BCUT2D eigenvalue weighted by Crippen LogP contribution is 2.28. The number of carbonyl (C=O) groups is 1. The van der Waals surface area contributed by atoms with E-state index in [0.717, 1.165) is 26.5 Å². The molecular formula is C21H19ClN4O2S3. The first-order chi connectivity index (χ1) is 14.8. The van der Waals surface area contributed by atoms with Crippen LogP contribution in [0.25, 0.3) is 21.5 Å². The van der Waals surface area contributed by atoms with Crippen molar-refractivity contribution in [3.05, 3.63) is 61.3 Å². The molecule has 0 aliphatic heterocycles. The lowest BCUT2D eigenvalue weighted by molar-refractivity contribution is -0.115. The molecule has 1 amide bonds. The number of nitrogens with one attached hydrogen (secondary N) is 2. The lowest BCUT2D eigenvalue weighted by atomic mass is 10.2. The summed E-state index contributed by atoms with van der Waals surface area (Å²) in [5.41, 5.74) is 2.57. The van der Waals surface area contributed by atoms with E-state index in [1.807, 2.05) is 50.4 Å². The largest absolute Gasteiger partial charge is 0.309 e. The van der Waals surface area contributed by atoms with Crippen molar-refractivity contribution in [3.8, 4) is 11.3 Å². The number of aromatic nitrogens is 3. The Balaban J connectivity index is 1.39. The molecule has 0 radical (unpaired) electrons. The van der Waals surface area contributed by atoms with E-state index in [1.54, 1.807) is 0 Å². The molecule has 3 heterocycles. The molecule has 10 heteroatoms. The highest BCUT2D eigenvalue weighted by Gasteiger charge is 2.17. The van der Waals surface area contributed by atoms with Gasteiger partial charge in [0, 0.05) is 20.8 Å². The molecule has 4 rings (SSSR count). The number of anilines is 1. The van der Waals surface area contributed by atoms with Crippen LogP contribution in [0.2, 0.25) is 5.02 Å². The number of aromatic amines is 1. The van der Waals surface area contributed by atoms with E-state index in [2.05, 4.69) is 20.3 Å². The Morgan fingerprint density at radius 2 is 2.00 bits per heavy atom. The molecule has 0 bridgehead atoms. The smallest absolute Gasteiger partial charge is 0.259 e. The second-order valence-corrected chi connectivity index (χ2v) is 10.8. The number of halogens is 1. The number of carbonyl (C=O) groups excluding carboxylic acids is 1. The summed E-state index contributed by atoms with van der Waals surface area (Å²) in [6.07, 6.45) is 0. The highest BCUT2D eigenvalue weighted by atomic mass is 35.5. The van der Waals surface area contributed by atoms with E-state index < -0.39 is 0 Å². The van der Waals surface area contributed by atoms with Gasteiger partial charge in [-0.05, 0) is 38.5 Å². The standard InChI is InChI=1S/C21H19ClN4O2S3/c1-10-11(2)31-20-17(10)19(28)24-16(25-20)9-29-12(3)18(27)26-21-23-15(8-30-21)13-4-6-14(22)7-5-13/h4-8,12H,9H2,1-3H3,(H,23,26,27)(H,24,25,28)/t12-/m0/s1. The van der Waals surface area contributed by atoms with Crippen LogP contribution in [-0.2, 0) is 10.5 Å². The number of rotatable bonds is 6. The monoisotopic (exact) mass is 490 g/mol. The third kappa shape index (κ3) is 4.85. The minimum absolute atomic E-state index is 0.128. The molecule has 4 aromatic rings. The van der Waals surface area contributed by atoms with Crippen LogP contribution in [0.5, 0.6) is 0 Å². The summed E-state index contributed by atoms with van der Waals surface area (Å²) >= 11 is 10.2. The number of hydrogen-bond acceptors (Lipinski definition) is 7. The third-order valence-corrected chi connectivity index (χ3v) is 8.07. The van der Waals surface area contributed by atoms with Gasteiger partial charge in [0.1, 0.15) is 10.7 Å². The van der Waals surface area contributed by atoms with Crippen LogP contribution in [0.4, 0.5) is 5.13 Å². The topological polar surface area (TPSA) is 87.7 Å². The van der Waals surface area contributed by atoms with Crippen molar-refractivity contribution >= 4 is 67.3 Å². The van der Waals surface area contributed by atoms with Crippen molar-refractivity contribution in [3.63, 3.8) is 0 Å². The average Bonchev–Trinajstić information content (AvgIpc) is 3.31. The SMILES string of the molecule is Cc1sc2nc(CS[C@@H](C)C(=O)Nc3nc(-c4ccc(Cl)cc4)cs3)[nH]c(=O)c2c1C. The normalized spacial score (nSPS) is 12.3. The molecule has 0 fully saturated rings. The minimum Gasteiger partial charge on any atom is -0.309 e. The second kappa shape index (κ2) is 9.12. The number of thiazole rings is 1. The predicted octanol–water partition coefficient (Wildman–Crippen LogP) is 5.64. The fourth-order valence-corrected chi connectivity index (χ4v) is 5.59. The average molecular weight is 491 g/mol. The minimum atomic E-state index is -0.337. The Bertz CT molecular complexity index is 1310. The van der Waals surface area contributed by atoms with Gasteiger partial charge in [-0.1, -0.05) is 23.7 Å². The van der Waals surface area contributed by atoms with Gasteiger partial charge >= 0.3 is 0 Å². The van der Waals surface area contributed by atoms with Crippen molar-refractivity contribution < 1.29 is 4.79 Å². The number of H-pyrrole nitrogens is 1. The van der Waals surface area contributed by atoms with Crippen LogP contribution >= 0.6 is 46.0 Å². The number of fused-ring (bicyclic) bond motifs is 1. The number of hydrogen-bond donors (Lipinski definition) is 2. The fraction of sp³-hybridized carbons (Fsp3) is 0.238. The molecule has 31 heavy (non-hydrogen) atoms. The Morgan fingerprint density at radius 1 is 1.26 bits per heavy atom. The number of aryl methyl sites for hydroxylation is 2. The first kappa shape index (κ1) is 22.0. The molecule has 0 saturated carbocycles. The van der Waals surface area contributed by atoms with Gasteiger partial charge in [0.05, 0.1) is 22.1 Å². The molecule has 160 valence electrons. The maximum absolute atomic E-state index is 12.6. The van der Waals surface area contributed by atoms with Gasteiger partial charge in [0.25, 0.3) is 5.56 Å². The fourth-order valence-electron chi connectivity index (χ4n) is 2.94. The zero-order valence-electron chi connectivity index (χ0n) is 17.0. The van der Waals surface area contributed by atoms with Gasteiger partial charge < -0.3 is 10.3 Å². The summed E-state index contributed by atoms with van der Waals surface area (Å²) in [4.78, 5) is 38.7. The summed E-state index contributed by atoms with van der Waals surface area (Å²) in [7, 11) is 0. The molecule has 0 aliphatic rings. The van der Waals surface area contributed by atoms with E-state index in [-0.39, 0.29) is 16.7 Å². The van der Waals surface area contributed by atoms with Gasteiger partial charge in [-0.15, -0.1) is 34.4 Å². The summed E-state index contributed by atoms with van der Waals surface area (Å²) in [6, 6.07) is 7.40. The lowest BCUT2D eigenvalue weighted by Crippen LogP contribution is -2.23. The van der Waals surface area contributed by atoms with Gasteiger partial charge in [-0.2, -0.15) is 0 Å². The highest BCUT2D eigenvalue weighted by molar-refractivity contribution is 7.99. The van der Waals surface area contributed by atoms with Crippen molar-refractivity contribution in [1.82, 2.24) is 15.0 Å². The number of amides is 1. The molecule has 0 aliphatic carbocycles. The first-order valence-corrected chi connectivity index (χ1v) is 12.6. The van der Waals surface area contributed by atoms with Crippen LogP contribution in [0, 0.1) is 13.8 Å². The van der Waals surface area contributed by atoms with Crippen LogP contribution in [-0.4, -0.2) is 26.1 Å². The number of thioether (sulfide) groups is 1. The van der Waals surface area contributed by atoms with E-state index in [0.29, 0.717) is 27.1 Å². The zero-order valence-corrected chi connectivity index (χ0v) is 20.2. The van der Waals surface area contributed by atoms with Crippen molar-refractivity contribution in [2.24, 2.45) is 0 Å². The molecule has 6 nitrogen and oxygen atoms in total. The quantitative estimate of drug-likeness (QED) is 0.365. The van der Waals surface area contributed by atoms with Crippen molar-refractivity contribution in [2.75, 3.05) is 5.32 Å². The van der Waals surface area contributed by atoms with Gasteiger partial charge in [-0.3, -0.25) is 9.59 Å². The number of nitrogens with zero attached hydrogens (tertiary/aromatic N) is 2. The molecule has 2 N–H and O–H groups in total. The molecule has 0 saturated heterocycles. The van der Waals surface area contributed by atoms with E-state index in [1.165, 1.54) is 34.4 Å². The summed E-state index contributed by atoms with van der Waals surface area (Å²) in [6.45, 7) is 5.74. The maximum atomic E-state index is 12.6. The zero-order chi connectivity index (χ0) is 22.1. The van der Waals surface area contributed by atoms with Crippen LogP contribution in [0.1, 0.15) is 23.2 Å². The van der Waals surface area contributed by atoms with Gasteiger partial charge in [0.2, 0.25) is 5.91 Å². The molecule has 3 aromatic heterocycles. The van der Waals surface area contributed by atoms with Gasteiger partial charge in [0.15, 0.2) is 5.13 Å². The molecular weight excluding hydrogens is 472 g/mol. The van der Waals surface area contributed by atoms with Gasteiger partial charge in [-0.25, -0.2) is 9.97 Å². The lowest BCUT2D eigenvalue weighted by Gasteiger charge is -2.10. The van der Waals surface area contributed by atoms with E-state index in [9.17, 15) is 9.59 Å². The summed E-state index contributed by atoms with van der Waals surface area (Å²) < 4.78 is 0. The van der Waals surface area contributed by atoms with Crippen LogP contribution in [0.3, 0.4) is 0 Å². The maximum Gasteiger partial charge on any atom is 0.259 e. The Hall–Kier alpha value is -2.20. The third-order valence-electron chi connectivity index (χ3n) is 4.80. The number of thiophene rings is 1. The van der Waals surface area contributed by atoms with Crippen LogP contribution in [0.15, 0.2) is 34.4 Å². The van der Waals surface area contributed by atoms with Crippen molar-refractivity contribution in [2.45, 2.75) is 31.8 Å². The summed E-state index contributed by atoms with van der Waals surface area (Å²) in [5, 5.41) is 6.28. The second-order valence-electron chi connectivity index (χ2n) is 6.96. The number of benzene rings is 1. The van der Waals surface area contributed by atoms with Crippen LogP contribution < -0.4 is 10.9 Å². The van der Waals surface area contributed by atoms with Crippen molar-refractivity contribution in [1.29, 1.82) is 0 Å². The Kier molecular flexibility index (Phi) is 6.47. The van der Waals surface area contributed by atoms with E-state index >= 15 is 0 Å². The first-order valence-electron chi connectivity index (χ1n) is 9.44. The molecule has 1 atom stereocenters. The summed E-state index contributed by atoms with van der Waals surface area (Å²) in [5.74, 6) is 0.861. The molecule has 0 spiro atoms. The Morgan fingerprint density at radius 3 is 2.74 bits per heavy atom. The molecule has 1 aromatic carbocycles.